The molecule has 2 aromatic heterocycles. The minimum absolute atomic E-state index is 0.807. The van der Waals surface area contributed by atoms with E-state index in [-0.39, 0.29) is 0 Å². The Hall–Kier alpha value is -1.88. The van der Waals surface area contributed by atoms with Gasteiger partial charge in [-0.05, 0) is 13.1 Å². The number of rotatable bonds is 5. The molecule has 0 amide bonds. The van der Waals surface area contributed by atoms with Gasteiger partial charge >= 0.3 is 0 Å². The number of aromatic nitrogens is 3. The number of anilines is 1. The van der Waals surface area contributed by atoms with Crippen LogP contribution in [0, 0.1) is 0 Å². The Kier molecular flexibility index (Phi) is 3.94. The molecule has 0 aliphatic carbocycles. The topological polar surface area (TPSA) is 46.0 Å². The number of aryl methyl sites for hydroxylation is 1. The zero-order valence-electron chi connectivity index (χ0n) is 11.1. The lowest BCUT2D eigenvalue weighted by atomic mass is 10.2. The van der Waals surface area contributed by atoms with Gasteiger partial charge in [-0.25, -0.2) is 4.98 Å². The molecule has 96 valence electrons. The molecule has 0 spiro atoms. The molecule has 2 aromatic rings. The molecule has 0 saturated heterocycles. The molecule has 0 radical (unpaired) electrons. The molecule has 0 bridgehead atoms. The van der Waals surface area contributed by atoms with Gasteiger partial charge in [-0.15, -0.1) is 0 Å². The van der Waals surface area contributed by atoms with Crippen molar-refractivity contribution < 1.29 is 0 Å². The third-order valence-corrected chi connectivity index (χ3v) is 2.77. The van der Waals surface area contributed by atoms with Gasteiger partial charge < -0.3 is 10.2 Å². The molecule has 18 heavy (non-hydrogen) atoms. The SMILES string of the molecule is CNCc1cccnc1N(C)Cc1cnn(C)c1. The maximum atomic E-state index is 4.46. The van der Waals surface area contributed by atoms with Gasteiger partial charge in [0.25, 0.3) is 0 Å². The quantitative estimate of drug-likeness (QED) is 0.859. The standard InChI is InChI=1S/C13H19N5/c1-14-8-12-5-4-6-15-13(12)17(2)9-11-7-16-18(3)10-11/h4-7,10,14H,8-9H2,1-3H3. The first-order valence-corrected chi connectivity index (χ1v) is 5.98. The van der Waals surface area contributed by atoms with Gasteiger partial charge in [0, 0.05) is 50.7 Å². The molecule has 0 unspecified atom stereocenters. The summed E-state index contributed by atoms with van der Waals surface area (Å²) in [5, 5.41) is 7.34. The van der Waals surface area contributed by atoms with Crippen LogP contribution in [0.4, 0.5) is 5.82 Å². The zero-order chi connectivity index (χ0) is 13.0. The van der Waals surface area contributed by atoms with E-state index in [4.69, 9.17) is 0 Å². The summed E-state index contributed by atoms with van der Waals surface area (Å²) < 4.78 is 1.82. The predicted molar refractivity (Wildman–Crippen MR) is 72.3 cm³/mol. The molecule has 0 atom stereocenters. The maximum absolute atomic E-state index is 4.46. The van der Waals surface area contributed by atoms with Gasteiger partial charge in [-0.2, -0.15) is 5.10 Å². The number of nitrogens with one attached hydrogen (secondary N) is 1. The van der Waals surface area contributed by atoms with E-state index in [0.717, 1.165) is 18.9 Å². The highest BCUT2D eigenvalue weighted by molar-refractivity contribution is 5.46. The lowest BCUT2D eigenvalue weighted by Crippen LogP contribution is -2.20. The van der Waals surface area contributed by atoms with E-state index in [9.17, 15) is 0 Å². The normalized spacial score (nSPS) is 10.6. The van der Waals surface area contributed by atoms with Gasteiger partial charge in [-0.1, -0.05) is 6.07 Å². The van der Waals surface area contributed by atoms with Crippen LogP contribution in [0.15, 0.2) is 30.7 Å². The third-order valence-electron chi connectivity index (χ3n) is 2.77. The first kappa shape index (κ1) is 12.6. The van der Waals surface area contributed by atoms with Gasteiger partial charge in [0.15, 0.2) is 0 Å². The molecule has 0 fully saturated rings. The molecule has 0 aliphatic heterocycles. The molecule has 0 saturated carbocycles. The molecular formula is C13H19N5. The summed E-state index contributed by atoms with van der Waals surface area (Å²) in [5.41, 5.74) is 2.38. The van der Waals surface area contributed by atoms with E-state index in [1.165, 1.54) is 11.1 Å². The van der Waals surface area contributed by atoms with E-state index in [1.54, 1.807) is 0 Å². The van der Waals surface area contributed by atoms with E-state index >= 15 is 0 Å². The fourth-order valence-electron chi connectivity index (χ4n) is 2.00. The lowest BCUT2D eigenvalue weighted by Gasteiger charge is -2.20. The molecule has 1 N–H and O–H groups in total. The highest BCUT2D eigenvalue weighted by Gasteiger charge is 2.09. The largest absolute Gasteiger partial charge is 0.355 e. The van der Waals surface area contributed by atoms with E-state index < -0.39 is 0 Å². The Morgan fingerprint density at radius 1 is 1.44 bits per heavy atom. The Bertz CT molecular complexity index is 506. The molecule has 2 heterocycles. The van der Waals surface area contributed by atoms with Crippen LogP contribution >= 0.6 is 0 Å². The van der Waals surface area contributed by atoms with Gasteiger partial charge in [-0.3, -0.25) is 4.68 Å². The molecular weight excluding hydrogens is 226 g/mol. The Labute approximate surface area is 107 Å². The van der Waals surface area contributed by atoms with Crippen molar-refractivity contribution in [3.8, 4) is 0 Å². The van der Waals surface area contributed by atoms with Gasteiger partial charge in [0.05, 0.1) is 6.20 Å². The first-order chi connectivity index (χ1) is 8.70. The average Bonchev–Trinajstić information content (AvgIpc) is 2.76. The van der Waals surface area contributed by atoms with Gasteiger partial charge in [0.1, 0.15) is 5.82 Å². The number of hydrogen-bond donors (Lipinski definition) is 1. The van der Waals surface area contributed by atoms with Crippen molar-refractivity contribution in [1.82, 2.24) is 20.1 Å². The van der Waals surface area contributed by atoms with E-state index in [2.05, 4.69) is 33.4 Å². The van der Waals surface area contributed by atoms with Crippen molar-refractivity contribution in [1.29, 1.82) is 0 Å². The second kappa shape index (κ2) is 5.64. The van der Waals surface area contributed by atoms with Crippen molar-refractivity contribution in [3.63, 3.8) is 0 Å². The van der Waals surface area contributed by atoms with Crippen molar-refractivity contribution >= 4 is 5.82 Å². The van der Waals surface area contributed by atoms with Crippen LogP contribution in [0.25, 0.3) is 0 Å². The van der Waals surface area contributed by atoms with E-state index in [1.807, 2.05) is 43.4 Å². The van der Waals surface area contributed by atoms with Crippen molar-refractivity contribution in [2.45, 2.75) is 13.1 Å². The molecule has 2 rings (SSSR count). The number of pyridine rings is 1. The molecule has 5 nitrogen and oxygen atoms in total. The summed E-state index contributed by atoms with van der Waals surface area (Å²) in [5.74, 6) is 1.01. The fraction of sp³-hybridized carbons (Fsp3) is 0.385. The monoisotopic (exact) mass is 245 g/mol. The molecule has 5 heteroatoms. The summed E-state index contributed by atoms with van der Waals surface area (Å²) in [6.07, 6.45) is 5.74. The summed E-state index contributed by atoms with van der Waals surface area (Å²) in [7, 11) is 5.92. The van der Waals surface area contributed by atoms with Crippen LogP contribution < -0.4 is 10.2 Å². The minimum atomic E-state index is 0.807. The second-order valence-corrected chi connectivity index (χ2v) is 4.39. The minimum Gasteiger partial charge on any atom is -0.355 e. The Balaban J connectivity index is 2.15. The van der Waals surface area contributed by atoms with Crippen molar-refractivity contribution in [3.05, 3.63) is 41.9 Å². The highest BCUT2D eigenvalue weighted by Crippen LogP contribution is 2.17. The third kappa shape index (κ3) is 2.87. The van der Waals surface area contributed by atoms with Crippen LogP contribution in [0.3, 0.4) is 0 Å². The van der Waals surface area contributed by atoms with Crippen LogP contribution in [-0.4, -0.2) is 28.9 Å². The van der Waals surface area contributed by atoms with Crippen molar-refractivity contribution in [2.24, 2.45) is 7.05 Å². The molecule has 0 aliphatic rings. The Morgan fingerprint density at radius 2 is 2.28 bits per heavy atom. The average molecular weight is 245 g/mol. The van der Waals surface area contributed by atoms with Crippen molar-refractivity contribution in [2.75, 3.05) is 19.0 Å². The second-order valence-electron chi connectivity index (χ2n) is 4.39. The predicted octanol–water partition coefficient (Wildman–Crippen LogP) is 1.17. The number of hydrogen-bond acceptors (Lipinski definition) is 4. The maximum Gasteiger partial charge on any atom is 0.133 e. The van der Waals surface area contributed by atoms with E-state index in [0.29, 0.717) is 0 Å². The van der Waals surface area contributed by atoms with Gasteiger partial charge in [0.2, 0.25) is 0 Å². The summed E-state index contributed by atoms with van der Waals surface area (Å²) >= 11 is 0. The molecule has 0 aromatic carbocycles. The first-order valence-electron chi connectivity index (χ1n) is 5.98. The lowest BCUT2D eigenvalue weighted by molar-refractivity contribution is 0.765. The highest BCUT2D eigenvalue weighted by atomic mass is 15.2. The smallest absolute Gasteiger partial charge is 0.133 e. The summed E-state index contributed by atoms with van der Waals surface area (Å²) in [6, 6.07) is 4.06. The Morgan fingerprint density at radius 3 is 2.94 bits per heavy atom. The van der Waals surface area contributed by atoms with Crippen LogP contribution in [-0.2, 0) is 20.1 Å². The summed E-state index contributed by atoms with van der Waals surface area (Å²) in [6.45, 7) is 1.63. The van der Waals surface area contributed by atoms with Crippen LogP contribution in [0.5, 0.6) is 0 Å². The zero-order valence-corrected chi connectivity index (χ0v) is 11.1. The number of nitrogens with zero attached hydrogens (tertiary/aromatic N) is 4. The van der Waals surface area contributed by atoms with Crippen LogP contribution in [0.1, 0.15) is 11.1 Å². The van der Waals surface area contributed by atoms with Crippen LogP contribution in [0.2, 0.25) is 0 Å². The summed E-state index contributed by atoms with van der Waals surface area (Å²) in [4.78, 5) is 6.60. The fourth-order valence-corrected chi connectivity index (χ4v) is 2.00.